The summed E-state index contributed by atoms with van der Waals surface area (Å²) in [6.45, 7) is 5.75. The minimum atomic E-state index is -1.51. The number of carbonyl (C=O) groups is 2. The molecule has 2 aromatic heterocycles. The summed E-state index contributed by atoms with van der Waals surface area (Å²) in [5.74, 6) is -1.88. The molecule has 0 aromatic carbocycles. The second-order valence-corrected chi connectivity index (χ2v) is 8.73. The van der Waals surface area contributed by atoms with Gasteiger partial charge in [-0.25, -0.2) is 24.7 Å². The molecule has 2 fully saturated rings. The van der Waals surface area contributed by atoms with Crippen LogP contribution >= 0.6 is 0 Å². The maximum Gasteiger partial charge on any atom is 1.00 e. The van der Waals surface area contributed by atoms with Crippen LogP contribution in [0.4, 0.5) is 22.1 Å². The van der Waals surface area contributed by atoms with E-state index in [-0.39, 0.29) is 55.1 Å². The van der Waals surface area contributed by atoms with Crippen LogP contribution in [0.15, 0.2) is 18.6 Å². The SMILES string of the molecule is CC1(C)OCC(COc2cnc(NC(=O)N3c4nc(C(=O)[O-])ncc4N4CCCC3C4)cn2)O1.[Li+]. The van der Waals surface area contributed by atoms with E-state index in [4.69, 9.17) is 14.2 Å². The molecule has 14 heteroatoms. The maximum absolute atomic E-state index is 13.2. The van der Waals surface area contributed by atoms with Crippen LogP contribution in [0.3, 0.4) is 0 Å². The van der Waals surface area contributed by atoms with E-state index in [9.17, 15) is 14.7 Å². The van der Waals surface area contributed by atoms with Crippen LogP contribution in [0.25, 0.3) is 0 Å². The molecule has 2 aromatic rings. The molecule has 0 saturated carbocycles. The van der Waals surface area contributed by atoms with Gasteiger partial charge in [0.05, 0.1) is 36.9 Å². The topological polar surface area (TPSA) is 155 Å². The number of aromatic nitrogens is 4. The molecule has 2 unspecified atom stereocenters. The Kier molecular flexibility index (Phi) is 7.14. The molecule has 180 valence electrons. The first kappa shape index (κ1) is 25.1. The second-order valence-electron chi connectivity index (χ2n) is 8.73. The van der Waals surface area contributed by atoms with Crippen molar-refractivity contribution in [2.45, 2.75) is 44.6 Å². The molecule has 0 radical (unpaired) electrons. The van der Waals surface area contributed by atoms with E-state index in [2.05, 4.69) is 30.2 Å². The Morgan fingerprint density at radius 2 is 2.09 bits per heavy atom. The number of aromatic carboxylic acids is 1. The van der Waals surface area contributed by atoms with E-state index in [1.807, 2.05) is 13.8 Å². The van der Waals surface area contributed by atoms with Crippen molar-refractivity contribution in [2.24, 2.45) is 0 Å². The van der Waals surface area contributed by atoms with Crippen molar-refractivity contribution in [2.75, 3.05) is 41.4 Å². The summed E-state index contributed by atoms with van der Waals surface area (Å²) in [7, 11) is 0. The van der Waals surface area contributed by atoms with E-state index < -0.39 is 23.6 Å². The van der Waals surface area contributed by atoms with Gasteiger partial charge >= 0.3 is 24.9 Å². The van der Waals surface area contributed by atoms with Gasteiger partial charge < -0.3 is 29.0 Å². The van der Waals surface area contributed by atoms with Gasteiger partial charge in [-0.1, -0.05) is 0 Å². The van der Waals surface area contributed by atoms with Crippen LogP contribution in [0, 0.1) is 0 Å². The Labute approximate surface area is 213 Å². The zero-order valence-corrected chi connectivity index (χ0v) is 19.8. The summed E-state index contributed by atoms with van der Waals surface area (Å²) in [5, 5.41) is 14.0. The minimum Gasteiger partial charge on any atom is -0.542 e. The van der Waals surface area contributed by atoms with Crippen LogP contribution in [-0.4, -0.2) is 76.2 Å². The van der Waals surface area contributed by atoms with Crippen molar-refractivity contribution in [1.29, 1.82) is 0 Å². The average Bonchev–Trinajstić information content (AvgIpc) is 3.17. The van der Waals surface area contributed by atoms with Gasteiger partial charge in [0.2, 0.25) is 5.88 Å². The molecule has 5 heterocycles. The fraction of sp³-hybridized carbons (Fsp3) is 0.524. The van der Waals surface area contributed by atoms with E-state index in [0.29, 0.717) is 18.8 Å². The molecule has 1 N–H and O–H groups in total. The molecule has 0 aliphatic carbocycles. The van der Waals surface area contributed by atoms with Gasteiger partial charge in [-0.2, -0.15) is 0 Å². The molecular formula is C21H24LiN7O6. The van der Waals surface area contributed by atoms with Gasteiger partial charge in [0.25, 0.3) is 0 Å². The summed E-state index contributed by atoms with van der Waals surface area (Å²) in [5.41, 5.74) is 0.604. The van der Waals surface area contributed by atoms with Crippen molar-refractivity contribution < 1.29 is 47.8 Å². The normalized spacial score (nSPS) is 22.1. The first-order valence-corrected chi connectivity index (χ1v) is 11.0. The molecule has 13 nitrogen and oxygen atoms in total. The smallest absolute Gasteiger partial charge is 0.542 e. The zero-order chi connectivity index (χ0) is 23.9. The van der Waals surface area contributed by atoms with Gasteiger partial charge in [-0.05, 0) is 26.7 Å². The molecule has 2 atom stereocenters. The average molecular weight is 477 g/mol. The van der Waals surface area contributed by atoms with Crippen LogP contribution in [-0.2, 0) is 9.47 Å². The number of hydrogen-bond donors (Lipinski definition) is 1. The fourth-order valence-corrected chi connectivity index (χ4v) is 4.33. The van der Waals surface area contributed by atoms with Crippen LogP contribution in [0.2, 0.25) is 0 Å². The number of fused-ring (bicyclic) bond motifs is 4. The summed E-state index contributed by atoms with van der Waals surface area (Å²) < 4.78 is 16.8. The quantitative estimate of drug-likeness (QED) is 0.444. The summed E-state index contributed by atoms with van der Waals surface area (Å²) in [6.07, 6.45) is 5.64. The number of carboxylic acid groups (broad SMARTS) is 1. The molecular weight excluding hydrogens is 453 g/mol. The summed E-state index contributed by atoms with van der Waals surface area (Å²) >= 11 is 0. The number of ether oxygens (including phenoxy) is 3. The molecule has 2 amide bonds. The van der Waals surface area contributed by atoms with E-state index >= 15 is 0 Å². The number of piperidine rings is 1. The maximum atomic E-state index is 13.2. The number of anilines is 3. The van der Waals surface area contributed by atoms with E-state index in [1.54, 1.807) is 0 Å². The van der Waals surface area contributed by atoms with Crippen molar-refractivity contribution in [3.63, 3.8) is 0 Å². The predicted octanol–water partition coefficient (Wildman–Crippen LogP) is -2.81. The molecule has 3 aliphatic heterocycles. The number of carbonyl (C=O) groups excluding carboxylic acids is 2. The minimum absolute atomic E-state index is 0. The van der Waals surface area contributed by atoms with Gasteiger partial charge in [-0.15, -0.1) is 0 Å². The molecule has 0 spiro atoms. The van der Waals surface area contributed by atoms with Gasteiger partial charge in [-0.3, -0.25) is 10.2 Å². The molecule has 2 saturated heterocycles. The van der Waals surface area contributed by atoms with Crippen molar-refractivity contribution in [3.05, 3.63) is 24.4 Å². The monoisotopic (exact) mass is 477 g/mol. The molecule has 3 aliphatic rings. The first-order chi connectivity index (χ1) is 16.3. The second kappa shape index (κ2) is 9.94. The third-order valence-electron chi connectivity index (χ3n) is 5.83. The number of rotatable bonds is 5. The number of urea groups is 1. The standard InChI is InChI=1S/C21H25N7O6.Li/c1-21(2)33-11-13(34-21)10-32-16-8-22-15(7-23-16)25-20(31)28-12-4-3-5-27(9-12)14-6-24-17(19(29)30)26-18(14)28;/h6-8,12-13H,3-5,9-11H2,1-2H3,(H,29,30)(H,22,25,31);/q;+1/p-1. The Morgan fingerprint density at radius 3 is 2.77 bits per heavy atom. The van der Waals surface area contributed by atoms with Crippen molar-refractivity contribution >= 4 is 29.3 Å². The third kappa shape index (κ3) is 5.33. The van der Waals surface area contributed by atoms with Crippen molar-refractivity contribution in [3.8, 4) is 5.88 Å². The molecule has 5 rings (SSSR count). The summed E-state index contributed by atoms with van der Waals surface area (Å²) in [6, 6.07) is -0.656. The van der Waals surface area contributed by atoms with Crippen LogP contribution < -0.4 is 43.8 Å². The number of hydrogen-bond acceptors (Lipinski definition) is 11. The third-order valence-corrected chi connectivity index (χ3v) is 5.83. The van der Waals surface area contributed by atoms with Gasteiger partial charge in [0, 0.05) is 13.1 Å². The predicted molar refractivity (Wildman–Crippen MR) is 116 cm³/mol. The molecule has 2 bridgehead atoms. The Balaban J connectivity index is 0.00000289. The van der Waals surface area contributed by atoms with Crippen LogP contribution in [0.5, 0.6) is 5.88 Å². The number of nitrogens with zero attached hydrogens (tertiary/aromatic N) is 6. The van der Waals surface area contributed by atoms with E-state index in [0.717, 1.165) is 19.4 Å². The number of nitrogens with one attached hydrogen (secondary N) is 1. The number of amides is 2. The Hall–Kier alpha value is -2.98. The Morgan fingerprint density at radius 1 is 1.26 bits per heavy atom. The van der Waals surface area contributed by atoms with Crippen LogP contribution in [0.1, 0.15) is 37.3 Å². The van der Waals surface area contributed by atoms with Gasteiger partial charge in [0.15, 0.2) is 23.2 Å². The summed E-state index contributed by atoms with van der Waals surface area (Å²) in [4.78, 5) is 44.3. The first-order valence-electron chi connectivity index (χ1n) is 11.0. The van der Waals surface area contributed by atoms with Gasteiger partial charge in [0.1, 0.15) is 18.7 Å². The Bertz CT molecular complexity index is 1100. The molecule has 35 heavy (non-hydrogen) atoms. The van der Waals surface area contributed by atoms with E-state index in [1.165, 1.54) is 23.5 Å². The van der Waals surface area contributed by atoms with Crippen molar-refractivity contribution in [1.82, 2.24) is 19.9 Å². The zero-order valence-electron chi connectivity index (χ0n) is 19.8. The number of carboxylic acids is 1. The largest absolute Gasteiger partial charge is 1.00 e. The fourth-order valence-electron chi connectivity index (χ4n) is 4.33.